The lowest BCUT2D eigenvalue weighted by molar-refractivity contribution is 0.187. The van der Waals surface area contributed by atoms with E-state index in [1.165, 1.54) is 0 Å². The Morgan fingerprint density at radius 3 is 2.91 bits per heavy atom. The lowest BCUT2D eigenvalue weighted by Gasteiger charge is -2.30. The zero-order valence-corrected chi connectivity index (χ0v) is 6.84. The third-order valence-corrected chi connectivity index (χ3v) is 2.17. The Labute approximate surface area is 66.7 Å². The van der Waals surface area contributed by atoms with Crippen molar-refractivity contribution in [3.8, 4) is 0 Å². The second-order valence-electron chi connectivity index (χ2n) is 2.95. The van der Waals surface area contributed by atoms with Gasteiger partial charge in [-0.25, -0.2) is 4.79 Å². The molecule has 0 bridgehead atoms. The second-order valence-corrected chi connectivity index (χ2v) is 2.95. The van der Waals surface area contributed by atoms with Gasteiger partial charge in [-0.05, 0) is 19.4 Å². The maximum absolute atomic E-state index is 10.7. The van der Waals surface area contributed by atoms with Crippen molar-refractivity contribution in [1.82, 2.24) is 10.2 Å². The van der Waals surface area contributed by atoms with Gasteiger partial charge in [0.25, 0.3) is 0 Å². The van der Waals surface area contributed by atoms with Crippen LogP contribution in [0.5, 0.6) is 0 Å². The van der Waals surface area contributed by atoms with E-state index in [9.17, 15) is 4.79 Å². The minimum absolute atomic E-state index is 0.293. The molecule has 0 aromatic rings. The molecule has 1 fully saturated rings. The van der Waals surface area contributed by atoms with Gasteiger partial charge in [0.2, 0.25) is 0 Å². The van der Waals surface area contributed by atoms with Crippen LogP contribution in [0.3, 0.4) is 0 Å². The van der Waals surface area contributed by atoms with Crippen molar-refractivity contribution in [2.75, 3.05) is 20.1 Å². The number of piperidine rings is 1. The van der Waals surface area contributed by atoms with Gasteiger partial charge in [0, 0.05) is 19.6 Å². The largest absolute Gasteiger partial charge is 0.351 e. The number of nitrogens with one attached hydrogen (secondary N) is 1. The molecule has 1 aliphatic heterocycles. The number of urea groups is 1. The summed E-state index contributed by atoms with van der Waals surface area (Å²) in [4.78, 5) is 12.3. The zero-order chi connectivity index (χ0) is 8.27. The first-order valence-electron chi connectivity index (χ1n) is 3.95. The Hall–Kier alpha value is -0.770. The van der Waals surface area contributed by atoms with E-state index in [-0.39, 0.29) is 6.03 Å². The summed E-state index contributed by atoms with van der Waals surface area (Å²) in [6.45, 7) is 1.93. The quantitative estimate of drug-likeness (QED) is 0.551. The molecule has 1 aliphatic rings. The highest BCUT2D eigenvalue weighted by Gasteiger charge is 2.19. The molecule has 0 aliphatic carbocycles. The minimum Gasteiger partial charge on any atom is -0.351 e. The van der Waals surface area contributed by atoms with E-state index in [0.717, 1.165) is 25.9 Å². The topological polar surface area (TPSA) is 58.4 Å². The molecule has 11 heavy (non-hydrogen) atoms. The molecule has 0 aromatic heterocycles. The predicted molar refractivity (Wildman–Crippen MR) is 43.2 cm³/mol. The highest BCUT2D eigenvalue weighted by atomic mass is 16.2. The number of nitrogens with two attached hydrogens (primary N) is 1. The fourth-order valence-corrected chi connectivity index (χ4v) is 1.34. The summed E-state index contributed by atoms with van der Waals surface area (Å²) in [5.41, 5.74) is 5.13. The summed E-state index contributed by atoms with van der Waals surface area (Å²) in [6, 6.07) is -0.0417. The van der Waals surface area contributed by atoms with E-state index in [2.05, 4.69) is 5.32 Å². The van der Waals surface area contributed by atoms with Crippen molar-refractivity contribution in [1.29, 1.82) is 0 Å². The SMILES string of the molecule is CN(C(N)=O)[C@H]1CCCNC1. The third-order valence-electron chi connectivity index (χ3n) is 2.17. The lowest BCUT2D eigenvalue weighted by atomic mass is 10.1. The van der Waals surface area contributed by atoms with Gasteiger partial charge < -0.3 is 16.0 Å². The summed E-state index contributed by atoms with van der Waals surface area (Å²) in [7, 11) is 1.75. The average Bonchev–Trinajstić information content (AvgIpc) is 2.05. The molecular formula is C7H15N3O. The van der Waals surface area contributed by atoms with E-state index in [1.807, 2.05) is 0 Å². The Morgan fingerprint density at radius 2 is 2.45 bits per heavy atom. The molecule has 3 N–H and O–H groups in total. The van der Waals surface area contributed by atoms with Gasteiger partial charge in [-0.2, -0.15) is 0 Å². The lowest BCUT2D eigenvalue weighted by Crippen LogP contribution is -2.48. The monoisotopic (exact) mass is 157 g/mol. The Kier molecular flexibility index (Phi) is 2.70. The van der Waals surface area contributed by atoms with Gasteiger partial charge >= 0.3 is 6.03 Å². The van der Waals surface area contributed by atoms with Crippen LogP contribution in [0, 0.1) is 0 Å². The van der Waals surface area contributed by atoms with Crippen LogP contribution in [0.25, 0.3) is 0 Å². The smallest absolute Gasteiger partial charge is 0.314 e. The van der Waals surface area contributed by atoms with Crippen molar-refractivity contribution >= 4 is 6.03 Å². The van der Waals surface area contributed by atoms with Crippen LogP contribution in [0.15, 0.2) is 0 Å². The molecule has 0 aromatic carbocycles. The molecule has 4 heteroatoms. The van der Waals surface area contributed by atoms with Gasteiger partial charge in [-0.1, -0.05) is 0 Å². The Bertz CT molecular complexity index is 143. The van der Waals surface area contributed by atoms with Crippen molar-refractivity contribution < 1.29 is 4.79 Å². The molecule has 1 rings (SSSR count). The van der Waals surface area contributed by atoms with E-state index in [1.54, 1.807) is 11.9 Å². The maximum atomic E-state index is 10.7. The predicted octanol–water partition coefficient (Wildman–Crippen LogP) is -0.251. The molecule has 1 heterocycles. The highest BCUT2D eigenvalue weighted by Crippen LogP contribution is 2.07. The molecule has 0 saturated carbocycles. The molecule has 1 atom stereocenters. The zero-order valence-electron chi connectivity index (χ0n) is 6.84. The molecule has 2 amide bonds. The van der Waals surface area contributed by atoms with Crippen molar-refractivity contribution in [3.63, 3.8) is 0 Å². The molecule has 0 radical (unpaired) electrons. The fraction of sp³-hybridized carbons (Fsp3) is 0.857. The first kappa shape index (κ1) is 8.33. The number of rotatable bonds is 1. The van der Waals surface area contributed by atoms with Gasteiger partial charge in [-0.15, -0.1) is 0 Å². The summed E-state index contributed by atoms with van der Waals surface area (Å²) < 4.78 is 0. The van der Waals surface area contributed by atoms with Crippen LogP contribution >= 0.6 is 0 Å². The molecule has 4 nitrogen and oxygen atoms in total. The number of carbonyl (C=O) groups excluding carboxylic acids is 1. The number of likely N-dealkylation sites (N-methyl/N-ethyl adjacent to an activating group) is 1. The van der Waals surface area contributed by atoms with Crippen LogP contribution in [0.1, 0.15) is 12.8 Å². The number of hydrogen-bond donors (Lipinski definition) is 2. The number of amides is 2. The summed E-state index contributed by atoms with van der Waals surface area (Å²) >= 11 is 0. The van der Waals surface area contributed by atoms with Crippen LogP contribution in [-0.4, -0.2) is 37.1 Å². The number of primary amides is 1. The van der Waals surface area contributed by atoms with Gasteiger partial charge in [-0.3, -0.25) is 0 Å². The Balaban J connectivity index is 2.38. The number of carbonyl (C=O) groups is 1. The van der Waals surface area contributed by atoms with Crippen LogP contribution in [-0.2, 0) is 0 Å². The maximum Gasteiger partial charge on any atom is 0.314 e. The third kappa shape index (κ3) is 2.08. The summed E-state index contributed by atoms with van der Waals surface area (Å²) in [6.07, 6.45) is 2.19. The van der Waals surface area contributed by atoms with Crippen LogP contribution in [0.2, 0.25) is 0 Å². The van der Waals surface area contributed by atoms with Crippen molar-refractivity contribution in [2.24, 2.45) is 5.73 Å². The number of hydrogen-bond acceptors (Lipinski definition) is 2. The molecule has 0 spiro atoms. The second kappa shape index (κ2) is 3.57. The van der Waals surface area contributed by atoms with Crippen LogP contribution < -0.4 is 11.1 Å². The molecule has 0 unspecified atom stereocenters. The van der Waals surface area contributed by atoms with Gasteiger partial charge in [0.05, 0.1) is 0 Å². The normalized spacial score (nSPS) is 24.6. The molecule has 1 saturated heterocycles. The number of nitrogens with zero attached hydrogens (tertiary/aromatic N) is 1. The molecular weight excluding hydrogens is 142 g/mol. The van der Waals surface area contributed by atoms with Crippen molar-refractivity contribution in [2.45, 2.75) is 18.9 Å². The highest BCUT2D eigenvalue weighted by molar-refractivity contribution is 5.72. The average molecular weight is 157 g/mol. The van der Waals surface area contributed by atoms with Gasteiger partial charge in [0.1, 0.15) is 0 Å². The van der Waals surface area contributed by atoms with Crippen LogP contribution in [0.4, 0.5) is 4.79 Å². The van der Waals surface area contributed by atoms with E-state index < -0.39 is 0 Å². The first-order chi connectivity index (χ1) is 5.22. The summed E-state index contributed by atoms with van der Waals surface area (Å²) in [5, 5.41) is 3.22. The minimum atomic E-state index is -0.335. The summed E-state index contributed by atoms with van der Waals surface area (Å²) in [5.74, 6) is 0. The van der Waals surface area contributed by atoms with Gasteiger partial charge in [0.15, 0.2) is 0 Å². The standard InChI is InChI=1S/C7H15N3O/c1-10(7(8)11)6-3-2-4-9-5-6/h6,9H,2-5H2,1H3,(H2,8,11)/t6-/m0/s1. The fourth-order valence-electron chi connectivity index (χ4n) is 1.34. The molecule has 64 valence electrons. The van der Waals surface area contributed by atoms with E-state index in [0.29, 0.717) is 6.04 Å². The first-order valence-corrected chi connectivity index (χ1v) is 3.95. The van der Waals surface area contributed by atoms with E-state index >= 15 is 0 Å². The van der Waals surface area contributed by atoms with E-state index in [4.69, 9.17) is 5.73 Å². The van der Waals surface area contributed by atoms with Crippen molar-refractivity contribution in [3.05, 3.63) is 0 Å². The Morgan fingerprint density at radius 1 is 1.73 bits per heavy atom.